The van der Waals surface area contributed by atoms with Gasteiger partial charge in [-0.1, -0.05) is 0 Å². The number of rotatable bonds is 5. The van der Waals surface area contributed by atoms with Crippen molar-refractivity contribution in [3.8, 4) is 0 Å². The molecule has 1 heterocycles. The van der Waals surface area contributed by atoms with Gasteiger partial charge in [-0.05, 0) is 67.0 Å². The first-order chi connectivity index (χ1) is 7.15. The van der Waals surface area contributed by atoms with E-state index in [4.69, 9.17) is 0 Å². The highest BCUT2D eigenvalue weighted by molar-refractivity contribution is 4.79. The number of piperidine rings is 1. The Balaban J connectivity index is 2.29. The average Bonchev–Trinajstić information content (AvgIpc) is 2.26. The van der Waals surface area contributed by atoms with E-state index in [0.717, 1.165) is 12.6 Å². The van der Waals surface area contributed by atoms with Gasteiger partial charge in [0.25, 0.3) is 0 Å². The predicted molar refractivity (Wildman–Crippen MR) is 66.3 cm³/mol. The van der Waals surface area contributed by atoms with Crippen molar-refractivity contribution in [1.82, 2.24) is 15.1 Å². The summed E-state index contributed by atoms with van der Waals surface area (Å²) in [6.07, 6.45) is 3.91. The molecule has 3 heteroatoms. The third-order valence-electron chi connectivity index (χ3n) is 3.77. The largest absolute Gasteiger partial charge is 0.320 e. The summed E-state index contributed by atoms with van der Waals surface area (Å²) >= 11 is 0. The topological polar surface area (TPSA) is 18.5 Å². The Morgan fingerprint density at radius 3 is 2.53 bits per heavy atom. The van der Waals surface area contributed by atoms with E-state index in [0.29, 0.717) is 6.04 Å². The van der Waals surface area contributed by atoms with Gasteiger partial charge in [-0.2, -0.15) is 0 Å². The zero-order valence-corrected chi connectivity index (χ0v) is 10.8. The van der Waals surface area contributed by atoms with Gasteiger partial charge in [0.1, 0.15) is 0 Å². The van der Waals surface area contributed by atoms with Crippen LogP contribution in [0.4, 0.5) is 0 Å². The monoisotopic (exact) mass is 213 g/mol. The molecule has 1 fully saturated rings. The maximum absolute atomic E-state index is 3.23. The Hall–Kier alpha value is -0.120. The summed E-state index contributed by atoms with van der Waals surface area (Å²) in [5.74, 6) is 0. The molecular formula is C12H27N3. The zero-order chi connectivity index (χ0) is 11.3. The van der Waals surface area contributed by atoms with Gasteiger partial charge in [0.05, 0.1) is 0 Å². The molecular weight excluding hydrogens is 186 g/mol. The maximum Gasteiger partial charge on any atom is 0.0119 e. The van der Waals surface area contributed by atoms with Crippen LogP contribution in [0, 0.1) is 0 Å². The molecule has 90 valence electrons. The summed E-state index contributed by atoms with van der Waals surface area (Å²) in [7, 11) is 6.54. The molecule has 1 N–H and O–H groups in total. The van der Waals surface area contributed by atoms with Crippen LogP contribution in [0.15, 0.2) is 0 Å². The quantitative estimate of drug-likeness (QED) is 0.735. The molecule has 0 aromatic rings. The third-order valence-corrected chi connectivity index (χ3v) is 3.77. The van der Waals surface area contributed by atoms with Crippen molar-refractivity contribution in [2.45, 2.75) is 38.3 Å². The number of hydrogen-bond donors (Lipinski definition) is 1. The first-order valence-electron chi connectivity index (χ1n) is 6.20. The molecule has 1 atom stereocenters. The van der Waals surface area contributed by atoms with Crippen LogP contribution < -0.4 is 5.32 Å². The highest BCUT2D eigenvalue weighted by atomic mass is 15.2. The van der Waals surface area contributed by atoms with E-state index in [1.165, 1.54) is 32.4 Å². The molecule has 0 saturated carbocycles. The molecule has 0 bridgehead atoms. The van der Waals surface area contributed by atoms with Gasteiger partial charge in [-0.3, -0.25) is 0 Å². The molecule has 0 aromatic heterocycles. The van der Waals surface area contributed by atoms with E-state index in [1.807, 2.05) is 7.05 Å². The van der Waals surface area contributed by atoms with Crippen molar-refractivity contribution in [3.05, 3.63) is 0 Å². The van der Waals surface area contributed by atoms with Crippen LogP contribution in [0.25, 0.3) is 0 Å². The van der Waals surface area contributed by atoms with Crippen LogP contribution in [0.2, 0.25) is 0 Å². The van der Waals surface area contributed by atoms with Crippen LogP contribution >= 0.6 is 0 Å². The zero-order valence-electron chi connectivity index (χ0n) is 10.8. The second-order valence-electron chi connectivity index (χ2n) is 4.94. The minimum Gasteiger partial charge on any atom is -0.320 e. The number of hydrogen-bond acceptors (Lipinski definition) is 3. The minimum atomic E-state index is 0.700. The Bertz CT molecular complexity index is 164. The fraction of sp³-hybridized carbons (Fsp3) is 1.00. The Kier molecular flexibility index (Phi) is 5.58. The van der Waals surface area contributed by atoms with Crippen LogP contribution in [0.3, 0.4) is 0 Å². The van der Waals surface area contributed by atoms with Gasteiger partial charge in [-0.25, -0.2) is 0 Å². The predicted octanol–water partition coefficient (Wildman–Crippen LogP) is 1.01. The lowest BCUT2D eigenvalue weighted by Crippen LogP contribution is -2.45. The molecule has 1 aliphatic heterocycles. The molecule has 0 aliphatic carbocycles. The summed E-state index contributed by atoms with van der Waals surface area (Å²) < 4.78 is 0. The van der Waals surface area contributed by atoms with E-state index in [9.17, 15) is 0 Å². The molecule has 0 amide bonds. The molecule has 1 unspecified atom stereocenters. The van der Waals surface area contributed by atoms with E-state index in [1.54, 1.807) is 0 Å². The Morgan fingerprint density at radius 1 is 1.40 bits per heavy atom. The van der Waals surface area contributed by atoms with E-state index >= 15 is 0 Å². The Morgan fingerprint density at radius 2 is 2.00 bits per heavy atom. The molecule has 0 radical (unpaired) electrons. The highest BCUT2D eigenvalue weighted by Gasteiger charge is 2.23. The Labute approximate surface area is 94.8 Å². The van der Waals surface area contributed by atoms with E-state index in [2.05, 4.69) is 36.1 Å². The standard InChI is InChI=1S/C12H27N3/c1-11(5-8-13-2)15(4)12-6-9-14(3)10-7-12/h11-13H,5-10H2,1-4H3. The fourth-order valence-electron chi connectivity index (χ4n) is 2.32. The highest BCUT2D eigenvalue weighted by Crippen LogP contribution is 2.17. The summed E-state index contributed by atoms with van der Waals surface area (Å²) in [5.41, 5.74) is 0. The number of nitrogens with zero attached hydrogens (tertiary/aromatic N) is 2. The van der Waals surface area contributed by atoms with Crippen LogP contribution in [0.1, 0.15) is 26.2 Å². The fourth-order valence-corrected chi connectivity index (χ4v) is 2.32. The maximum atomic E-state index is 3.23. The van der Waals surface area contributed by atoms with Crippen molar-refractivity contribution in [2.24, 2.45) is 0 Å². The van der Waals surface area contributed by atoms with Gasteiger partial charge >= 0.3 is 0 Å². The molecule has 3 nitrogen and oxygen atoms in total. The molecule has 1 aliphatic rings. The van der Waals surface area contributed by atoms with E-state index < -0.39 is 0 Å². The molecule has 1 saturated heterocycles. The van der Waals surface area contributed by atoms with Crippen molar-refractivity contribution < 1.29 is 0 Å². The molecule has 0 spiro atoms. The van der Waals surface area contributed by atoms with Gasteiger partial charge in [-0.15, -0.1) is 0 Å². The smallest absolute Gasteiger partial charge is 0.0119 e. The summed E-state index contributed by atoms with van der Waals surface area (Å²) in [5, 5.41) is 3.23. The third kappa shape index (κ3) is 4.09. The lowest BCUT2D eigenvalue weighted by molar-refractivity contribution is 0.110. The van der Waals surface area contributed by atoms with Gasteiger partial charge in [0, 0.05) is 12.1 Å². The van der Waals surface area contributed by atoms with Crippen LogP contribution in [-0.4, -0.2) is 62.7 Å². The molecule has 1 rings (SSSR count). The first kappa shape index (κ1) is 12.9. The van der Waals surface area contributed by atoms with Crippen LogP contribution in [-0.2, 0) is 0 Å². The molecule has 15 heavy (non-hydrogen) atoms. The van der Waals surface area contributed by atoms with Crippen molar-refractivity contribution in [2.75, 3.05) is 40.8 Å². The minimum absolute atomic E-state index is 0.700. The second kappa shape index (κ2) is 6.46. The lowest BCUT2D eigenvalue weighted by Gasteiger charge is -2.38. The average molecular weight is 213 g/mol. The van der Waals surface area contributed by atoms with Gasteiger partial charge in [0.2, 0.25) is 0 Å². The number of likely N-dealkylation sites (tertiary alicyclic amines) is 1. The summed E-state index contributed by atoms with van der Waals surface area (Å²) in [6.45, 7) is 5.98. The van der Waals surface area contributed by atoms with Crippen molar-refractivity contribution >= 4 is 0 Å². The first-order valence-corrected chi connectivity index (χ1v) is 6.20. The second-order valence-corrected chi connectivity index (χ2v) is 4.94. The van der Waals surface area contributed by atoms with Gasteiger partial charge < -0.3 is 15.1 Å². The van der Waals surface area contributed by atoms with Crippen LogP contribution in [0.5, 0.6) is 0 Å². The summed E-state index contributed by atoms with van der Waals surface area (Å²) in [6, 6.07) is 1.50. The van der Waals surface area contributed by atoms with Crippen molar-refractivity contribution in [3.63, 3.8) is 0 Å². The normalized spacial score (nSPS) is 22.2. The lowest BCUT2D eigenvalue weighted by atomic mass is 10.0. The van der Waals surface area contributed by atoms with Gasteiger partial charge in [0.15, 0.2) is 0 Å². The van der Waals surface area contributed by atoms with E-state index in [-0.39, 0.29) is 0 Å². The SMILES string of the molecule is CNCCC(C)N(C)C1CCN(C)CC1. The van der Waals surface area contributed by atoms with Crippen molar-refractivity contribution in [1.29, 1.82) is 0 Å². The number of nitrogens with one attached hydrogen (secondary N) is 1. The summed E-state index contributed by atoms with van der Waals surface area (Å²) in [4.78, 5) is 5.01. The molecule has 0 aromatic carbocycles.